The molecule has 0 saturated carbocycles. The third-order valence-electron chi connectivity index (χ3n) is 5.14. The van der Waals surface area contributed by atoms with Crippen molar-refractivity contribution in [2.45, 2.75) is 25.6 Å². The number of nitrogens with zero attached hydrogens (tertiary/aromatic N) is 1. The van der Waals surface area contributed by atoms with Gasteiger partial charge in [-0.2, -0.15) is 0 Å². The van der Waals surface area contributed by atoms with Crippen LogP contribution < -0.4 is 20.5 Å². The van der Waals surface area contributed by atoms with E-state index in [9.17, 15) is 13.6 Å². The summed E-state index contributed by atoms with van der Waals surface area (Å²) in [4.78, 5) is 17.0. The number of nitrogens with one attached hydrogen (secondary N) is 1. The molecular weight excluding hydrogens is 436 g/mol. The summed E-state index contributed by atoms with van der Waals surface area (Å²) >= 11 is 0. The Morgan fingerprint density at radius 1 is 1.24 bits per heavy atom. The Kier molecular flexibility index (Phi) is 6.85. The summed E-state index contributed by atoms with van der Waals surface area (Å²) in [5.41, 5.74) is 6.42. The molecule has 1 aliphatic rings. The van der Waals surface area contributed by atoms with E-state index in [1.165, 1.54) is 13.2 Å². The summed E-state index contributed by atoms with van der Waals surface area (Å²) in [5, 5.41) is 2.55. The first-order valence-electron chi connectivity index (χ1n) is 10.3. The van der Waals surface area contributed by atoms with Crippen LogP contribution >= 0.6 is 0 Å². The molecule has 2 aromatic carbocycles. The van der Waals surface area contributed by atoms with Crippen molar-refractivity contribution >= 4 is 5.91 Å². The highest BCUT2D eigenvalue weighted by Crippen LogP contribution is 2.34. The molecule has 1 atom stereocenters. The lowest BCUT2D eigenvalue weighted by Crippen LogP contribution is -2.25. The van der Waals surface area contributed by atoms with E-state index >= 15 is 0 Å². The Bertz CT molecular complexity index is 1150. The highest BCUT2D eigenvalue weighted by molar-refractivity contribution is 5.93. The number of aromatic nitrogens is 1. The van der Waals surface area contributed by atoms with E-state index in [0.717, 1.165) is 18.6 Å². The van der Waals surface area contributed by atoms with Gasteiger partial charge in [-0.15, -0.1) is 0 Å². The van der Waals surface area contributed by atoms with Crippen molar-refractivity contribution in [3.8, 4) is 23.0 Å². The number of benzene rings is 2. The molecule has 0 aliphatic carbocycles. The summed E-state index contributed by atoms with van der Waals surface area (Å²) in [6.07, 6.45) is 0.675. The Morgan fingerprint density at radius 3 is 2.79 bits per heavy atom. The van der Waals surface area contributed by atoms with E-state index in [0.29, 0.717) is 30.3 Å². The smallest absolute Gasteiger partial charge is 0.273 e. The molecule has 10 heteroatoms. The molecule has 3 aromatic rings. The first-order valence-corrected chi connectivity index (χ1v) is 10.3. The molecule has 1 unspecified atom stereocenters. The summed E-state index contributed by atoms with van der Waals surface area (Å²) in [6, 6.07) is 8.27. The van der Waals surface area contributed by atoms with E-state index in [-0.39, 0.29) is 42.1 Å². The minimum Gasteiger partial charge on any atom is -0.493 e. The molecular formula is C23H23F2N3O5. The molecule has 2 heterocycles. The number of nitrogens with two attached hydrogens (primary N) is 1. The Balaban J connectivity index is 1.54. The predicted molar refractivity (Wildman–Crippen MR) is 114 cm³/mol. The van der Waals surface area contributed by atoms with Crippen molar-refractivity contribution in [3.63, 3.8) is 0 Å². The lowest BCUT2D eigenvalue weighted by molar-refractivity contribution is 0.0944. The second-order valence-electron chi connectivity index (χ2n) is 7.38. The van der Waals surface area contributed by atoms with Gasteiger partial charge in [-0.1, -0.05) is 6.07 Å². The molecule has 0 radical (unpaired) electrons. The lowest BCUT2D eigenvalue weighted by Gasteiger charge is -2.15. The van der Waals surface area contributed by atoms with Crippen LogP contribution in [0.15, 0.2) is 40.8 Å². The lowest BCUT2D eigenvalue weighted by atomic mass is 10.2. The highest BCUT2D eigenvalue weighted by atomic mass is 19.1. The molecule has 174 valence electrons. The fraction of sp³-hybridized carbons (Fsp3) is 0.304. The Morgan fingerprint density at radius 2 is 2.09 bits per heavy atom. The van der Waals surface area contributed by atoms with Gasteiger partial charge in [0.05, 0.1) is 26.9 Å². The van der Waals surface area contributed by atoms with E-state index in [1.54, 1.807) is 18.2 Å². The zero-order valence-corrected chi connectivity index (χ0v) is 17.9. The van der Waals surface area contributed by atoms with Crippen LogP contribution in [0.5, 0.6) is 11.5 Å². The zero-order valence-electron chi connectivity index (χ0n) is 17.9. The number of oxazole rings is 1. The summed E-state index contributed by atoms with van der Waals surface area (Å²) < 4.78 is 49.4. The van der Waals surface area contributed by atoms with E-state index in [4.69, 9.17) is 24.4 Å². The molecule has 1 aromatic heterocycles. The van der Waals surface area contributed by atoms with Gasteiger partial charge in [-0.25, -0.2) is 13.8 Å². The quantitative estimate of drug-likeness (QED) is 0.533. The molecule has 0 bridgehead atoms. The van der Waals surface area contributed by atoms with Crippen molar-refractivity contribution in [1.82, 2.24) is 10.3 Å². The third-order valence-corrected chi connectivity index (χ3v) is 5.14. The zero-order chi connectivity index (χ0) is 23.4. The number of methoxy groups -OCH3 is 1. The Labute approximate surface area is 188 Å². The van der Waals surface area contributed by atoms with Crippen LogP contribution in [0.2, 0.25) is 0 Å². The monoisotopic (exact) mass is 459 g/mol. The normalized spacial score (nSPS) is 15.5. The maximum absolute atomic E-state index is 13.8. The number of hydrogen-bond donors (Lipinski definition) is 2. The van der Waals surface area contributed by atoms with Gasteiger partial charge in [0.1, 0.15) is 17.7 Å². The van der Waals surface area contributed by atoms with Crippen molar-refractivity contribution in [1.29, 1.82) is 0 Å². The summed E-state index contributed by atoms with van der Waals surface area (Å²) in [6.45, 7) is 0.899. The van der Waals surface area contributed by atoms with Crippen LogP contribution in [-0.2, 0) is 17.8 Å². The van der Waals surface area contributed by atoms with Gasteiger partial charge in [0.15, 0.2) is 23.0 Å². The fourth-order valence-corrected chi connectivity index (χ4v) is 3.40. The van der Waals surface area contributed by atoms with Crippen LogP contribution in [0.4, 0.5) is 8.78 Å². The van der Waals surface area contributed by atoms with Crippen LogP contribution in [0.1, 0.15) is 28.2 Å². The highest BCUT2D eigenvalue weighted by Gasteiger charge is 2.23. The average Bonchev–Trinajstić information content (AvgIpc) is 3.48. The van der Waals surface area contributed by atoms with Crippen molar-refractivity contribution in [3.05, 3.63) is 65.1 Å². The molecule has 3 N–H and O–H groups in total. The first kappa shape index (κ1) is 22.7. The van der Waals surface area contributed by atoms with Gasteiger partial charge in [0.2, 0.25) is 5.89 Å². The van der Waals surface area contributed by atoms with E-state index < -0.39 is 17.5 Å². The number of rotatable bonds is 8. The maximum Gasteiger partial charge on any atom is 0.273 e. The minimum absolute atomic E-state index is 0.0162. The van der Waals surface area contributed by atoms with Gasteiger partial charge in [0.25, 0.3) is 5.91 Å². The number of ether oxygens (including phenoxy) is 3. The maximum atomic E-state index is 13.8. The van der Waals surface area contributed by atoms with Crippen LogP contribution in [0.25, 0.3) is 11.5 Å². The average molecular weight is 459 g/mol. The number of halogens is 2. The molecule has 33 heavy (non-hydrogen) atoms. The summed E-state index contributed by atoms with van der Waals surface area (Å²) in [7, 11) is 1.54. The molecule has 8 nitrogen and oxygen atoms in total. The van der Waals surface area contributed by atoms with Crippen LogP contribution in [0.3, 0.4) is 0 Å². The first-order chi connectivity index (χ1) is 16.0. The van der Waals surface area contributed by atoms with Gasteiger partial charge in [0, 0.05) is 30.2 Å². The van der Waals surface area contributed by atoms with Gasteiger partial charge in [-0.05, 0) is 24.3 Å². The molecule has 0 spiro atoms. The fourth-order valence-electron chi connectivity index (χ4n) is 3.40. The SMILES string of the molecule is COc1ccc(-c2nc(C(=O)NCc3ccc(F)cc3F)c(CN)o2)cc1OC1CCOC1. The third kappa shape index (κ3) is 5.12. The van der Waals surface area contributed by atoms with Crippen molar-refractivity contribution < 1.29 is 32.2 Å². The molecule has 1 amide bonds. The molecule has 1 aliphatic heterocycles. The van der Waals surface area contributed by atoms with Crippen molar-refractivity contribution in [2.75, 3.05) is 20.3 Å². The Hall–Kier alpha value is -3.50. The second kappa shape index (κ2) is 9.97. The molecule has 4 rings (SSSR count). The summed E-state index contributed by atoms with van der Waals surface area (Å²) in [5.74, 6) is -0.673. The number of amides is 1. The number of carbonyl (C=O) groups excluding carboxylic acids is 1. The predicted octanol–water partition coefficient (Wildman–Crippen LogP) is 3.18. The van der Waals surface area contributed by atoms with Crippen LogP contribution in [-0.4, -0.2) is 37.3 Å². The van der Waals surface area contributed by atoms with Gasteiger partial charge in [-0.3, -0.25) is 4.79 Å². The standard InChI is InChI=1S/C23H23F2N3O5/c1-30-18-5-3-13(8-19(18)32-16-6-7-31-12-16)23-28-21(20(10-26)33-23)22(29)27-11-14-2-4-15(24)9-17(14)25/h2-5,8-9,16H,6-7,10-12,26H2,1H3,(H,27,29). The van der Waals surface area contributed by atoms with E-state index in [2.05, 4.69) is 10.3 Å². The number of carbonyl (C=O) groups is 1. The second-order valence-corrected chi connectivity index (χ2v) is 7.38. The van der Waals surface area contributed by atoms with Crippen molar-refractivity contribution in [2.24, 2.45) is 5.73 Å². The number of hydrogen-bond acceptors (Lipinski definition) is 7. The topological polar surface area (TPSA) is 109 Å². The largest absolute Gasteiger partial charge is 0.493 e. The molecule has 1 fully saturated rings. The van der Waals surface area contributed by atoms with Crippen LogP contribution in [0, 0.1) is 11.6 Å². The minimum atomic E-state index is -0.756. The van der Waals surface area contributed by atoms with E-state index in [1.807, 2.05) is 0 Å². The van der Waals surface area contributed by atoms with Gasteiger partial charge < -0.3 is 29.7 Å². The van der Waals surface area contributed by atoms with Gasteiger partial charge >= 0.3 is 0 Å². The molecule has 1 saturated heterocycles.